The number of rotatable bonds is 5. The molecule has 2 aromatic rings. The second-order valence-corrected chi connectivity index (χ2v) is 5.94. The minimum absolute atomic E-state index is 0.0884. The molecule has 1 amide bonds. The second-order valence-electron chi connectivity index (χ2n) is 5.94. The number of nitrogens with zero attached hydrogens (tertiary/aromatic N) is 3. The number of amides is 1. The monoisotopic (exact) mass is 355 g/mol. The van der Waals surface area contributed by atoms with Gasteiger partial charge in [0.25, 0.3) is 11.6 Å². The fourth-order valence-corrected chi connectivity index (χ4v) is 3.09. The Hall–Kier alpha value is -2.93. The summed E-state index contributed by atoms with van der Waals surface area (Å²) >= 11 is 0. The molecule has 0 atom stereocenters. The lowest BCUT2D eigenvalue weighted by atomic mass is 10.1. The maximum atomic E-state index is 13.3. The number of hydrogen-bond acceptors (Lipinski definition) is 5. The third-order valence-electron chi connectivity index (χ3n) is 4.40. The van der Waals surface area contributed by atoms with E-state index in [0.29, 0.717) is 44.1 Å². The standard InChI is InChI=1S/C19H21N3O4/c1-2-21(15-6-4-3-5-7-15)19(23)17-14-16(22(24)25)8-9-18(17)20-10-12-26-13-11-20/h3-9,14H,2,10-13H2,1H3. The average molecular weight is 355 g/mol. The number of hydrogen-bond donors (Lipinski definition) is 0. The molecule has 136 valence electrons. The first-order valence-electron chi connectivity index (χ1n) is 8.60. The maximum Gasteiger partial charge on any atom is 0.270 e. The first-order valence-corrected chi connectivity index (χ1v) is 8.60. The number of anilines is 2. The molecule has 1 aliphatic rings. The molecule has 0 saturated carbocycles. The van der Waals surface area contributed by atoms with Gasteiger partial charge < -0.3 is 14.5 Å². The minimum atomic E-state index is -0.474. The van der Waals surface area contributed by atoms with Gasteiger partial charge in [0.2, 0.25) is 0 Å². The van der Waals surface area contributed by atoms with Gasteiger partial charge in [-0.1, -0.05) is 18.2 Å². The van der Waals surface area contributed by atoms with Crippen molar-refractivity contribution < 1.29 is 14.5 Å². The lowest BCUT2D eigenvalue weighted by Gasteiger charge is -2.31. The summed E-state index contributed by atoms with van der Waals surface area (Å²) in [7, 11) is 0. The van der Waals surface area contributed by atoms with Crippen LogP contribution in [0.3, 0.4) is 0 Å². The van der Waals surface area contributed by atoms with Crippen molar-refractivity contribution in [3.8, 4) is 0 Å². The number of nitro groups is 1. The molecule has 0 N–H and O–H groups in total. The molecule has 1 heterocycles. The van der Waals surface area contributed by atoms with Crippen molar-refractivity contribution in [3.05, 3.63) is 64.2 Å². The Bertz CT molecular complexity index is 789. The van der Waals surface area contributed by atoms with Crippen LogP contribution in [-0.4, -0.2) is 43.7 Å². The SMILES string of the molecule is CCN(C(=O)c1cc([N+](=O)[O-])ccc1N1CCOCC1)c1ccccc1. The maximum absolute atomic E-state index is 13.3. The number of carbonyl (C=O) groups is 1. The summed E-state index contributed by atoms with van der Waals surface area (Å²) in [6.45, 7) is 4.79. The smallest absolute Gasteiger partial charge is 0.270 e. The van der Waals surface area contributed by atoms with Crippen LogP contribution in [0.4, 0.5) is 17.1 Å². The molecule has 7 heteroatoms. The van der Waals surface area contributed by atoms with Gasteiger partial charge >= 0.3 is 0 Å². The van der Waals surface area contributed by atoms with Crippen molar-refractivity contribution in [2.24, 2.45) is 0 Å². The van der Waals surface area contributed by atoms with Gasteiger partial charge in [0.1, 0.15) is 0 Å². The van der Waals surface area contributed by atoms with Crippen molar-refractivity contribution >= 4 is 23.0 Å². The Morgan fingerprint density at radius 2 is 1.88 bits per heavy atom. The van der Waals surface area contributed by atoms with Gasteiger partial charge in [-0.05, 0) is 25.1 Å². The van der Waals surface area contributed by atoms with E-state index in [1.807, 2.05) is 42.2 Å². The fraction of sp³-hybridized carbons (Fsp3) is 0.316. The number of para-hydroxylation sites is 1. The molecular formula is C19H21N3O4. The average Bonchev–Trinajstić information content (AvgIpc) is 2.69. The summed E-state index contributed by atoms with van der Waals surface area (Å²) in [5.74, 6) is -0.246. The molecular weight excluding hydrogens is 334 g/mol. The van der Waals surface area contributed by atoms with Gasteiger partial charge in [0.05, 0.1) is 29.4 Å². The lowest BCUT2D eigenvalue weighted by molar-refractivity contribution is -0.384. The van der Waals surface area contributed by atoms with Gasteiger partial charge in [0, 0.05) is 37.5 Å². The van der Waals surface area contributed by atoms with E-state index >= 15 is 0 Å². The largest absolute Gasteiger partial charge is 0.378 e. The number of morpholine rings is 1. The number of benzene rings is 2. The zero-order chi connectivity index (χ0) is 18.5. The summed E-state index contributed by atoms with van der Waals surface area (Å²) in [4.78, 5) is 27.7. The predicted molar refractivity (Wildman–Crippen MR) is 99.9 cm³/mol. The minimum Gasteiger partial charge on any atom is -0.378 e. The predicted octanol–water partition coefficient (Wildman–Crippen LogP) is 3.10. The van der Waals surface area contributed by atoms with Crippen LogP contribution in [0.15, 0.2) is 48.5 Å². The van der Waals surface area contributed by atoms with Crippen LogP contribution in [0, 0.1) is 10.1 Å². The molecule has 26 heavy (non-hydrogen) atoms. The van der Waals surface area contributed by atoms with E-state index in [9.17, 15) is 14.9 Å². The molecule has 7 nitrogen and oxygen atoms in total. The molecule has 0 aliphatic carbocycles. The van der Waals surface area contributed by atoms with E-state index in [0.717, 1.165) is 5.69 Å². The molecule has 0 aromatic heterocycles. The summed E-state index contributed by atoms with van der Waals surface area (Å²) in [5, 5.41) is 11.2. The normalized spacial score (nSPS) is 14.1. The Kier molecular flexibility index (Phi) is 5.48. The topological polar surface area (TPSA) is 75.9 Å². The molecule has 0 unspecified atom stereocenters. The van der Waals surface area contributed by atoms with Crippen LogP contribution in [0.2, 0.25) is 0 Å². The Balaban J connectivity index is 2.03. The van der Waals surface area contributed by atoms with Crippen LogP contribution in [0.5, 0.6) is 0 Å². The number of nitro benzene ring substituents is 1. The molecule has 0 radical (unpaired) electrons. The van der Waals surface area contributed by atoms with Crippen LogP contribution in [0.1, 0.15) is 17.3 Å². The quantitative estimate of drug-likeness (QED) is 0.608. The Morgan fingerprint density at radius 1 is 1.19 bits per heavy atom. The van der Waals surface area contributed by atoms with Gasteiger partial charge in [0.15, 0.2) is 0 Å². The molecule has 2 aromatic carbocycles. The highest BCUT2D eigenvalue weighted by Crippen LogP contribution is 2.29. The van der Waals surface area contributed by atoms with Crippen molar-refractivity contribution in [2.75, 3.05) is 42.6 Å². The van der Waals surface area contributed by atoms with Crippen LogP contribution in [0.25, 0.3) is 0 Å². The summed E-state index contributed by atoms with van der Waals surface area (Å²) in [6, 6.07) is 13.8. The van der Waals surface area contributed by atoms with E-state index in [2.05, 4.69) is 0 Å². The van der Waals surface area contributed by atoms with Crippen LogP contribution < -0.4 is 9.80 Å². The van der Waals surface area contributed by atoms with E-state index < -0.39 is 4.92 Å². The van der Waals surface area contributed by atoms with Crippen LogP contribution in [-0.2, 0) is 4.74 Å². The van der Waals surface area contributed by atoms with Gasteiger partial charge in [-0.25, -0.2) is 0 Å². The number of ether oxygens (including phenoxy) is 1. The number of non-ortho nitro benzene ring substituents is 1. The zero-order valence-corrected chi connectivity index (χ0v) is 14.6. The Labute approximate surface area is 151 Å². The molecule has 0 bridgehead atoms. The van der Waals surface area contributed by atoms with E-state index in [1.54, 1.807) is 11.0 Å². The van der Waals surface area contributed by atoms with Gasteiger partial charge in [-0.15, -0.1) is 0 Å². The van der Waals surface area contributed by atoms with E-state index in [1.165, 1.54) is 12.1 Å². The summed E-state index contributed by atoms with van der Waals surface area (Å²) < 4.78 is 5.38. The van der Waals surface area contributed by atoms with Crippen molar-refractivity contribution in [1.29, 1.82) is 0 Å². The Morgan fingerprint density at radius 3 is 2.50 bits per heavy atom. The molecule has 3 rings (SSSR count). The van der Waals surface area contributed by atoms with Crippen molar-refractivity contribution in [2.45, 2.75) is 6.92 Å². The third-order valence-corrected chi connectivity index (χ3v) is 4.40. The highest BCUT2D eigenvalue weighted by atomic mass is 16.6. The molecule has 1 saturated heterocycles. The molecule has 1 aliphatic heterocycles. The molecule has 1 fully saturated rings. The van der Waals surface area contributed by atoms with Crippen LogP contribution >= 0.6 is 0 Å². The van der Waals surface area contributed by atoms with Gasteiger partial charge in [-0.3, -0.25) is 14.9 Å². The van der Waals surface area contributed by atoms with E-state index in [4.69, 9.17) is 4.74 Å². The zero-order valence-electron chi connectivity index (χ0n) is 14.6. The highest BCUT2D eigenvalue weighted by molar-refractivity contribution is 6.10. The summed E-state index contributed by atoms with van der Waals surface area (Å²) in [5.41, 5.74) is 1.72. The van der Waals surface area contributed by atoms with E-state index in [-0.39, 0.29) is 11.6 Å². The first-order chi connectivity index (χ1) is 12.6. The highest BCUT2D eigenvalue weighted by Gasteiger charge is 2.25. The first kappa shape index (κ1) is 17.9. The van der Waals surface area contributed by atoms with Crippen molar-refractivity contribution in [1.82, 2.24) is 0 Å². The third kappa shape index (κ3) is 3.67. The second kappa shape index (κ2) is 7.97. The lowest BCUT2D eigenvalue weighted by Crippen LogP contribution is -2.38. The van der Waals surface area contributed by atoms with Gasteiger partial charge in [-0.2, -0.15) is 0 Å². The number of carbonyl (C=O) groups excluding carboxylic acids is 1. The summed E-state index contributed by atoms with van der Waals surface area (Å²) in [6.07, 6.45) is 0. The fourth-order valence-electron chi connectivity index (χ4n) is 3.09. The molecule has 0 spiro atoms. The van der Waals surface area contributed by atoms with Crippen molar-refractivity contribution in [3.63, 3.8) is 0 Å².